The molecule has 3 nitrogen and oxygen atoms in total. The van der Waals surface area contributed by atoms with Crippen molar-refractivity contribution in [2.75, 3.05) is 13.2 Å². The largest absolute Gasteiger partial charge is 0.501 e. The second-order valence-electron chi connectivity index (χ2n) is 4.46. The summed E-state index contributed by atoms with van der Waals surface area (Å²) in [6.07, 6.45) is 7.04. The molecule has 0 aliphatic carbocycles. The van der Waals surface area contributed by atoms with Gasteiger partial charge in [0, 0.05) is 10.7 Å². The number of halogens is 1. The Morgan fingerprint density at radius 3 is 3.00 bits per heavy atom. The maximum atomic E-state index is 5.45. The topological polar surface area (TPSA) is 34.1 Å². The number of aromatic nitrogens is 1. The molecule has 1 aromatic rings. The van der Waals surface area contributed by atoms with Crippen molar-refractivity contribution < 1.29 is 4.74 Å². The van der Waals surface area contributed by atoms with Crippen LogP contribution < -0.4 is 5.32 Å². The summed E-state index contributed by atoms with van der Waals surface area (Å²) in [4.78, 5) is 4.50. The van der Waals surface area contributed by atoms with Crippen LogP contribution in [0.5, 0.6) is 0 Å². The van der Waals surface area contributed by atoms with Crippen LogP contribution in [-0.2, 0) is 4.74 Å². The molecule has 4 heteroatoms. The Labute approximate surface area is 117 Å². The molecule has 0 aromatic carbocycles. The Morgan fingerprint density at radius 2 is 2.39 bits per heavy atom. The number of hydrogen-bond acceptors (Lipinski definition) is 3. The second kappa shape index (κ2) is 6.90. The quantitative estimate of drug-likeness (QED) is 0.902. The first-order valence-corrected chi connectivity index (χ1v) is 7.26. The van der Waals surface area contributed by atoms with E-state index in [2.05, 4.69) is 39.2 Å². The van der Waals surface area contributed by atoms with E-state index in [0.717, 1.165) is 42.6 Å². The molecule has 0 saturated carbocycles. The highest BCUT2D eigenvalue weighted by Gasteiger charge is 2.19. The molecule has 18 heavy (non-hydrogen) atoms. The summed E-state index contributed by atoms with van der Waals surface area (Å²) in [7, 11) is 0. The average molecular weight is 311 g/mol. The average Bonchev–Trinajstić information content (AvgIpc) is 2.42. The first-order chi connectivity index (χ1) is 8.81. The Morgan fingerprint density at radius 1 is 1.50 bits per heavy atom. The van der Waals surface area contributed by atoms with E-state index in [9.17, 15) is 0 Å². The van der Waals surface area contributed by atoms with Gasteiger partial charge in [-0.15, -0.1) is 0 Å². The van der Waals surface area contributed by atoms with Gasteiger partial charge in [0.2, 0.25) is 0 Å². The van der Waals surface area contributed by atoms with Gasteiger partial charge < -0.3 is 10.1 Å². The minimum absolute atomic E-state index is 0.179. The van der Waals surface area contributed by atoms with E-state index in [1.807, 2.05) is 18.5 Å². The number of ether oxygens (including phenoxy) is 1. The fraction of sp³-hybridized carbons (Fsp3) is 0.500. The number of nitrogens with zero attached hydrogens (tertiary/aromatic N) is 1. The van der Waals surface area contributed by atoms with Crippen LogP contribution >= 0.6 is 15.9 Å². The zero-order valence-corrected chi connectivity index (χ0v) is 12.2. The van der Waals surface area contributed by atoms with E-state index >= 15 is 0 Å². The van der Waals surface area contributed by atoms with Gasteiger partial charge in [0.15, 0.2) is 0 Å². The Kier molecular flexibility index (Phi) is 5.20. The monoisotopic (exact) mass is 310 g/mol. The van der Waals surface area contributed by atoms with Gasteiger partial charge in [0.25, 0.3) is 0 Å². The summed E-state index contributed by atoms with van der Waals surface area (Å²) >= 11 is 3.42. The summed E-state index contributed by atoms with van der Waals surface area (Å²) in [5.41, 5.74) is 2.35. The van der Waals surface area contributed by atoms with Crippen molar-refractivity contribution in [3.63, 3.8) is 0 Å². The van der Waals surface area contributed by atoms with E-state index in [1.54, 1.807) is 0 Å². The molecule has 1 N–H and O–H groups in total. The molecule has 1 atom stereocenters. The van der Waals surface area contributed by atoms with Crippen molar-refractivity contribution in [3.8, 4) is 0 Å². The van der Waals surface area contributed by atoms with Crippen LogP contribution in [0.3, 0.4) is 0 Å². The van der Waals surface area contributed by atoms with Crippen LogP contribution in [0.1, 0.15) is 37.9 Å². The molecule has 0 radical (unpaired) electrons. The molecular formula is C14H19BrN2O. The minimum Gasteiger partial charge on any atom is -0.501 e. The van der Waals surface area contributed by atoms with Gasteiger partial charge >= 0.3 is 0 Å². The smallest absolute Gasteiger partial charge is 0.0876 e. The van der Waals surface area contributed by atoms with Crippen molar-refractivity contribution in [1.29, 1.82) is 0 Å². The zero-order chi connectivity index (χ0) is 12.8. The molecule has 0 amide bonds. The maximum Gasteiger partial charge on any atom is 0.0876 e. The van der Waals surface area contributed by atoms with E-state index in [1.165, 1.54) is 5.57 Å². The van der Waals surface area contributed by atoms with Crippen LogP contribution in [0, 0.1) is 0 Å². The van der Waals surface area contributed by atoms with Crippen LogP contribution in [-0.4, -0.2) is 18.1 Å². The van der Waals surface area contributed by atoms with Gasteiger partial charge in [-0.1, -0.05) is 6.92 Å². The molecular weight excluding hydrogens is 292 g/mol. The number of rotatable bonds is 5. The van der Waals surface area contributed by atoms with Crippen molar-refractivity contribution >= 4 is 15.9 Å². The third kappa shape index (κ3) is 3.56. The van der Waals surface area contributed by atoms with E-state index in [0.29, 0.717) is 0 Å². The van der Waals surface area contributed by atoms with Crippen molar-refractivity contribution in [2.45, 2.75) is 32.2 Å². The molecule has 1 aliphatic rings. The van der Waals surface area contributed by atoms with Crippen molar-refractivity contribution in [2.24, 2.45) is 0 Å². The Hall–Kier alpha value is -0.870. The lowest BCUT2D eigenvalue weighted by molar-refractivity contribution is 0.219. The summed E-state index contributed by atoms with van der Waals surface area (Å²) in [5.74, 6) is 0. The molecule has 2 heterocycles. The SMILES string of the molecule is CCCNC(C1=COCCC1)c1ccc(Br)cn1. The molecule has 98 valence electrons. The zero-order valence-electron chi connectivity index (χ0n) is 10.7. The van der Waals surface area contributed by atoms with Crippen LogP contribution in [0.4, 0.5) is 0 Å². The molecule has 0 saturated heterocycles. The lowest BCUT2D eigenvalue weighted by Crippen LogP contribution is -2.26. The predicted octanol–water partition coefficient (Wildman–Crippen LogP) is 3.58. The normalized spacial score (nSPS) is 16.9. The van der Waals surface area contributed by atoms with E-state index in [4.69, 9.17) is 4.74 Å². The first-order valence-electron chi connectivity index (χ1n) is 6.46. The highest BCUT2D eigenvalue weighted by molar-refractivity contribution is 9.10. The molecule has 2 rings (SSSR count). The molecule has 0 spiro atoms. The molecule has 1 unspecified atom stereocenters. The highest BCUT2D eigenvalue weighted by Crippen LogP contribution is 2.27. The summed E-state index contributed by atoms with van der Waals surface area (Å²) in [6, 6.07) is 4.28. The van der Waals surface area contributed by atoms with Gasteiger partial charge in [-0.3, -0.25) is 4.98 Å². The number of hydrogen-bond donors (Lipinski definition) is 1. The third-order valence-corrected chi connectivity index (χ3v) is 3.45. The fourth-order valence-electron chi connectivity index (χ4n) is 2.07. The highest BCUT2D eigenvalue weighted by atomic mass is 79.9. The van der Waals surface area contributed by atoms with Gasteiger partial charge in [-0.05, 0) is 59.4 Å². The minimum atomic E-state index is 0.179. The molecule has 1 aliphatic heterocycles. The van der Waals surface area contributed by atoms with Crippen molar-refractivity contribution in [3.05, 3.63) is 40.3 Å². The van der Waals surface area contributed by atoms with Gasteiger partial charge in [0.05, 0.1) is 24.6 Å². The Bertz CT molecular complexity index is 403. The summed E-state index contributed by atoms with van der Waals surface area (Å²) < 4.78 is 6.46. The van der Waals surface area contributed by atoms with Crippen molar-refractivity contribution in [1.82, 2.24) is 10.3 Å². The van der Waals surface area contributed by atoms with Crippen LogP contribution in [0.2, 0.25) is 0 Å². The third-order valence-electron chi connectivity index (χ3n) is 2.98. The Balaban J connectivity index is 2.18. The molecule has 0 bridgehead atoms. The maximum absolute atomic E-state index is 5.45. The number of nitrogens with one attached hydrogen (secondary N) is 1. The summed E-state index contributed by atoms with van der Waals surface area (Å²) in [6.45, 7) is 3.99. The van der Waals surface area contributed by atoms with Gasteiger partial charge in [-0.25, -0.2) is 0 Å². The van der Waals surface area contributed by atoms with E-state index in [-0.39, 0.29) is 6.04 Å². The van der Waals surface area contributed by atoms with Crippen LogP contribution in [0.25, 0.3) is 0 Å². The van der Waals surface area contributed by atoms with Gasteiger partial charge in [0.1, 0.15) is 0 Å². The van der Waals surface area contributed by atoms with Crippen LogP contribution in [0.15, 0.2) is 34.6 Å². The lowest BCUT2D eigenvalue weighted by Gasteiger charge is -2.24. The molecule has 1 aromatic heterocycles. The molecule has 0 fully saturated rings. The summed E-state index contributed by atoms with van der Waals surface area (Å²) in [5, 5.41) is 3.55. The number of pyridine rings is 1. The first kappa shape index (κ1) is 13.6. The second-order valence-corrected chi connectivity index (χ2v) is 5.37. The predicted molar refractivity (Wildman–Crippen MR) is 76.2 cm³/mol. The lowest BCUT2D eigenvalue weighted by atomic mass is 9.98. The fourth-order valence-corrected chi connectivity index (χ4v) is 2.30. The van der Waals surface area contributed by atoms with Gasteiger partial charge in [-0.2, -0.15) is 0 Å². The van der Waals surface area contributed by atoms with E-state index < -0.39 is 0 Å². The standard InChI is InChI=1S/C14H19BrN2O/c1-2-7-16-14(11-4-3-8-18-10-11)13-6-5-12(15)9-17-13/h5-6,9-10,14,16H,2-4,7-8H2,1H3.